The van der Waals surface area contributed by atoms with Gasteiger partial charge in [-0.1, -0.05) is 36.4 Å². The zero-order valence-electron chi connectivity index (χ0n) is 17.5. The molecule has 0 aliphatic carbocycles. The third-order valence-electron chi connectivity index (χ3n) is 4.77. The van der Waals surface area contributed by atoms with Crippen LogP contribution in [0.2, 0.25) is 0 Å². The molecule has 1 amide bonds. The third-order valence-corrected chi connectivity index (χ3v) is 6.25. The van der Waals surface area contributed by atoms with Crippen LogP contribution >= 0.6 is 11.3 Å². The molecule has 4 rings (SSSR count). The lowest BCUT2D eigenvalue weighted by Gasteiger charge is -2.15. The first-order valence-corrected chi connectivity index (χ1v) is 12.6. The summed E-state index contributed by atoms with van der Waals surface area (Å²) in [7, 11) is -3.39. The summed E-state index contributed by atoms with van der Waals surface area (Å²) in [5.74, 6) is -0.260. The molecule has 0 fully saturated rings. The highest BCUT2D eigenvalue weighted by Gasteiger charge is 2.21. The van der Waals surface area contributed by atoms with Crippen molar-refractivity contribution in [3.63, 3.8) is 0 Å². The van der Waals surface area contributed by atoms with E-state index in [1.165, 1.54) is 11.3 Å². The molecular formula is C23H22N4O3S2. The standard InChI is InChI=1S/C23H22N4O3S2/c1-16(17-8-6-9-18(14-17)26-32(2,29)30)24-23(28)20-15-27(19-10-4-3-5-11-19)25-22(20)21-12-7-13-31-21/h3-16,26H,1-2H3,(H,24,28). The predicted octanol–water partition coefficient (Wildman–Crippen LogP) is 4.46. The summed E-state index contributed by atoms with van der Waals surface area (Å²) in [5, 5.41) is 9.62. The molecule has 1 unspecified atom stereocenters. The molecule has 2 aromatic carbocycles. The van der Waals surface area contributed by atoms with Crippen molar-refractivity contribution in [2.75, 3.05) is 11.0 Å². The van der Waals surface area contributed by atoms with Gasteiger partial charge in [0.05, 0.1) is 28.4 Å². The zero-order valence-corrected chi connectivity index (χ0v) is 19.2. The van der Waals surface area contributed by atoms with E-state index in [9.17, 15) is 13.2 Å². The van der Waals surface area contributed by atoms with Crippen molar-refractivity contribution < 1.29 is 13.2 Å². The molecule has 164 valence electrons. The number of amides is 1. The molecule has 2 N–H and O–H groups in total. The fourth-order valence-electron chi connectivity index (χ4n) is 3.29. The van der Waals surface area contributed by atoms with Crippen LogP contribution in [-0.4, -0.2) is 30.4 Å². The maximum atomic E-state index is 13.2. The number of benzene rings is 2. The van der Waals surface area contributed by atoms with Crippen LogP contribution in [0, 0.1) is 0 Å². The van der Waals surface area contributed by atoms with E-state index >= 15 is 0 Å². The number of carbonyl (C=O) groups excluding carboxylic acids is 1. The second-order valence-electron chi connectivity index (χ2n) is 7.34. The van der Waals surface area contributed by atoms with Gasteiger partial charge in [0.25, 0.3) is 5.91 Å². The Labute approximate surface area is 190 Å². The number of aromatic nitrogens is 2. The minimum absolute atomic E-state index is 0.260. The average molecular weight is 467 g/mol. The van der Waals surface area contributed by atoms with Gasteiger partial charge in [-0.3, -0.25) is 9.52 Å². The summed E-state index contributed by atoms with van der Waals surface area (Å²) in [5.41, 5.74) is 3.16. The monoisotopic (exact) mass is 466 g/mol. The van der Waals surface area contributed by atoms with Gasteiger partial charge in [0.15, 0.2) is 0 Å². The molecule has 7 nitrogen and oxygen atoms in total. The van der Waals surface area contributed by atoms with E-state index in [1.54, 1.807) is 29.1 Å². The van der Waals surface area contributed by atoms with Crippen LogP contribution in [0.15, 0.2) is 78.3 Å². The molecule has 0 saturated heterocycles. The number of nitrogens with zero attached hydrogens (tertiary/aromatic N) is 2. The van der Waals surface area contributed by atoms with Crippen molar-refractivity contribution in [1.29, 1.82) is 0 Å². The van der Waals surface area contributed by atoms with Crippen molar-refractivity contribution in [2.24, 2.45) is 0 Å². The van der Waals surface area contributed by atoms with E-state index in [0.29, 0.717) is 16.9 Å². The molecule has 0 aliphatic rings. The number of carbonyl (C=O) groups is 1. The van der Waals surface area contributed by atoms with Crippen LogP contribution < -0.4 is 10.0 Å². The molecular weight excluding hydrogens is 444 g/mol. The van der Waals surface area contributed by atoms with Crippen molar-refractivity contribution in [1.82, 2.24) is 15.1 Å². The van der Waals surface area contributed by atoms with Gasteiger partial charge >= 0.3 is 0 Å². The molecule has 0 bridgehead atoms. The van der Waals surface area contributed by atoms with Crippen molar-refractivity contribution in [3.05, 3.63) is 89.4 Å². The number of thiophene rings is 1. The Morgan fingerprint density at radius 1 is 1.06 bits per heavy atom. The number of sulfonamides is 1. The van der Waals surface area contributed by atoms with E-state index in [0.717, 1.165) is 22.4 Å². The van der Waals surface area contributed by atoms with Crippen LogP contribution in [0.3, 0.4) is 0 Å². The molecule has 0 radical (unpaired) electrons. The fraction of sp³-hybridized carbons (Fsp3) is 0.130. The average Bonchev–Trinajstić information content (AvgIpc) is 3.43. The first-order chi connectivity index (χ1) is 15.3. The summed E-state index contributed by atoms with van der Waals surface area (Å²) in [6, 6.07) is 20.1. The lowest BCUT2D eigenvalue weighted by atomic mass is 10.1. The maximum absolute atomic E-state index is 13.2. The summed E-state index contributed by atoms with van der Waals surface area (Å²) in [6.45, 7) is 1.85. The molecule has 0 saturated carbocycles. The number of hydrogen-bond donors (Lipinski definition) is 2. The topological polar surface area (TPSA) is 93.1 Å². The van der Waals surface area contributed by atoms with Gasteiger partial charge in [-0.15, -0.1) is 11.3 Å². The Kier molecular flexibility index (Phi) is 6.11. The lowest BCUT2D eigenvalue weighted by Crippen LogP contribution is -2.26. The van der Waals surface area contributed by atoms with Crippen molar-refractivity contribution in [2.45, 2.75) is 13.0 Å². The molecule has 2 aromatic heterocycles. The van der Waals surface area contributed by atoms with E-state index in [2.05, 4.69) is 15.1 Å². The Morgan fingerprint density at radius 3 is 2.53 bits per heavy atom. The number of rotatable bonds is 7. The van der Waals surface area contributed by atoms with Crippen LogP contribution in [0.4, 0.5) is 5.69 Å². The Balaban J connectivity index is 1.62. The summed E-state index contributed by atoms with van der Waals surface area (Å²) >= 11 is 1.52. The lowest BCUT2D eigenvalue weighted by molar-refractivity contribution is 0.0940. The van der Waals surface area contributed by atoms with E-state index in [4.69, 9.17) is 0 Å². The minimum atomic E-state index is -3.39. The molecule has 0 aliphatic heterocycles. The molecule has 4 aromatic rings. The maximum Gasteiger partial charge on any atom is 0.255 e. The van der Waals surface area contributed by atoms with Crippen molar-refractivity contribution in [3.8, 4) is 16.3 Å². The quantitative estimate of drug-likeness (QED) is 0.420. The largest absolute Gasteiger partial charge is 0.345 e. The van der Waals surface area contributed by atoms with Gasteiger partial charge in [0.2, 0.25) is 10.0 Å². The number of para-hydroxylation sites is 1. The third kappa shape index (κ3) is 5.06. The van der Waals surface area contributed by atoms with E-state index in [1.807, 2.05) is 60.8 Å². The summed E-state index contributed by atoms with van der Waals surface area (Å²) in [4.78, 5) is 14.1. The van der Waals surface area contributed by atoms with Gasteiger partial charge in [-0.2, -0.15) is 5.10 Å². The Bertz CT molecular complexity index is 1330. The number of nitrogens with one attached hydrogen (secondary N) is 2. The predicted molar refractivity (Wildman–Crippen MR) is 128 cm³/mol. The minimum Gasteiger partial charge on any atom is -0.345 e. The summed E-state index contributed by atoms with van der Waals surface area (Å²) < 4.78 is 27.2. The number of hydrogen-bond acceptors (Lipinski definition) is 5. The smallest absolute Gasteiger partial charge is 0.255 e. The van der Waals surface area contributed by atoms with E-state index in [-0.39, 0.29) is 11.9 Å². The first-order valence-electron chi connectivity index (χ1n) is 9.88. The van der Waals surface area contributed by atoms with E-state index < -0.39 is 10.0 Å². The van der Waals surface area contributed by atoms with Gasteiger partial charge in [0.1, 0.15) is 5.69 Å². The van der Waals surface area contributed by atoms with Crippen LogP contribution in [0.25, 0.3) is 16.3 Å². The molecule has 0 spiro atoms. The molecule has 1 atom stereocenters. The second-order valence-corrected chi connectivity index (χ2v) is 10.0. The SMILES string of the molecule is CC(NC(=O)c1cn(-c2ccccc2)nc1-c1cccs1)c1cccc(NS(C)(=O)=O)c1. The molecule has 32 heavy (non-hydrogen) atoms. The molecule has 2 heterocycles. The van der Waals surface area contributed by atoms with Crippen molar-refractivity contribution >= 4 is 33.0 Å². The highest BCUT2D eigenvalue weighted by Crippen LogP contribution is 2.28. The van der Waals surface area contributed by atoms with Gasteiger partial charge in [-0.25, -0.2) is 13.1 Å². The summed E-state index contributed by atoms with van der Waals surface area (Å²) in [6.07, 6.45) is 2.83. The van der Waals surface area contributed by atoms with Gasteiger partial charge < -0.3 is 5.32 Å². The Morgan fingerprint density at radius 2 is 1.84 bits per heavy atom. The number of anilines is 1. The molecule has 9 heteroatoms. The highest BCUT2D eigenvalue weighted by atomic mass is 32.2. The van der Waals surface area contributed by atoms with Crippen LogP contribution in [0.1, 0.15) is 28.9 Å². The second kappa shape index (κ2) is 8.97. The van der Waals surface area contributed by atoms with Gasteiger partial charge in [0, 0.05) is 11.9 Å². The fourth-order valence-corrected chi connectivity index (χ4v) is 4.57. The van der Waals surface area contributed by atoms with Crippen LogP contribution in [-0.2, 0) is 10.0 Å². The highest BCUT2D eigenvalue weighted by molar-refractivity contribution is 7.92. The zero-order chi connectivity index (χ0) is 22.7. The first kappa shape index (κ1) is 21.8. The van der Waals surface area contributed by atoms with Gasteiger partial charge in [-0.05, 0) is 48.2 Å². The van der Waals surface area contributed by atoms with Crippen LogP contribution in [0.5, 0.6) is 0 Å². The normalized spacial score (nSPS) is 12.3. The Hall–Kier alpha value is -3.43.